The molecule has 3 rings (SSSR count). The lowest BCUT2D eigenvalue weighted by Gasteiger charge is -2.10. The number of nitrogens with one attached hydrogen (secondary N) is 1. The van der Waals surface area contributed by atoms with Gasteiger partial charge in [0.15, 0.2) is 0 Å². The van der Waals surface area contributed by atoms with Crippen LogP contribution < -0.4 is 11.0 Å². The molecule has 3 aromatic rings. The molecule has 0 spiro atoms. The van der Waals surface area contributed by atoms with Gasteiger partial charge in [-0.25, -0.2) is 0 Å². The highest BCUT2D eigenvalue weighted by molar-refractivity contribution is 6.00. The Balaban J connectivity index is 2.13. The van der Waals surface area contributed by atoms with Crippen molar-refractivity contribution in [3.05, 3.63) is 81.0 Å². The second kappa shape index (κ2) is 6.68. The van der Waals surface area contributed by atoms with Crippen molar-refractivity contribution in [2.75, 3.05) is 5.43 Å². The molecule has 0 saturated heterocycles. The zero-order valence-corrected chi connectivity index (χ0v) is 12.9. The van der Waals surface area contributed by atoms with Gasteiger partial charge in [-0.2, -0.15) is 5.10 Å². The van der Waals surface area contributed by atoms with Crippen molar-refractivity contribution in [2.24, 2.45) is 17.3 Å². The van der Waals surface area contributed by atoms with Crippen molar-refractivity contribution in [3.8, 4) is 0 Å². The van der Waals surface area contributed by atoms with Crippen LogP contribution in [0.3, 0.4) is 0 Å². The maximum absolute atomic E-state index is 12.6. The number of azide groups is 1. The number of hydrogen-bond donors (Lipinski definition) is 1. The minimum Gasteiger partial charge on any atom is -0.311 e. The van der Waals surface area contributed by atoms with E-state index in [1.165, 1.54) is 10.8 Å². The molecule has 2 aromatic carbocycles. The van der Waals surface area contributed by atoms with Crippen LogP contribution in [-0.2, 0) is 7.05 Å². The molecule has 7 nitrogen and oxygen atoms in total. The van der Waals surface area contributed by atoms with Crippen LogP contribution in [0.1, 0.15) is 5.56 Å². The molecule has 0 aliphatic rings. The van der Waals surface area contributed by atoms with Crippen molar-refractivity contribution in [3.63, 3.8) is 0 Å². The van der Waals surface area contributed by atoms with Crippen molar-refractivity contribution in [2.45, 2.75) is 0 Å². The molecule has 0 saturated carbocycles. The van der Waals surface area contributed by atoms with Gasteiger partial charge < -0.3 is 4.57 Å². The van der Waals surface area contributed by atoms with Gasteiger partial charge in [-0.15, -0.1) is 0 Å². The smallest absolute Gasteiger partial charge is 0.260 e. The topological polar surface area (TPSA) is 95.1 Å². The van der Waals surface area contributed by atoms with Crippen LogP contribution in [0.25, 0.3) is 21.3 Å². The van der Waals surface area contributed by atoms with Gasteiger partial charge in [-0.05, 0) is 23.7 Å². The van der Waals surface area contributed by atoms with Crippen molar-refractivity contribution in [1.29, 1.82) is 0 Å². The second-order valence-electron chi connectivity index (χ2n) is 5.07. The Kier molecular flexibility index (Phi) is 4.27. The van der Waals surface area contributed by atoms with Crippen molar-refractivity contribution >= 4 is 28.5 Å². The molecule has 0 aliphatic heterocycles. The number of rotatable bonds is 4. The predicted octanol–water partition coefficient (Wildman–Crippen LogP) is 3.93. The number of hydrogen-bond acceptors (Lipinski definition) is 4. The molecule has 0 unspecified atom stereocenters. The largest absolute Gasteiger partial charge is 0.311 e. The Morgan fingerprint density at radius 3 is 2.58 bits per heavy atom. The van der Waals surface area contributed by atoms with E-state index in [2.05, 4.69) is 20.6 Å². The molecule has 0 fully saturated rings. The fraction of sp³-hybridized carbons (Fsp3) is 0.0588. The van der Waals surface area contributed by atoms with Gasteiger partial charge in [-0.3, -0.25) is 10.2 Å². The number of benzene rings is 2. The predicted molar refractivity (Wildman–Crippen MR) is 95.7 cm³/mol. The van der Waals surface area contributed by atoms with Crippen LogP contribution in [0.2, 0.25) is 0 Å². The normalized spacial score (nSPS) is 10.7. The molecule has 1 heterocycles. The number of aromatic nitrogens is 1. The molecule has 7 heteroatoms. The van der Waals surface area contributed by atoms with Crippen molar-refractivity contribution < 1.29 is 0 Å². The molecule has 0 aliphatic carbocycles. The van der Waals surface area contributed by atoms with E-state index in [1.54, 1.807) is 19.2 Å². The van der Waals surface area contributed by atoms with E-state index in [1.807, 2.05) is 42.5 Å². The number of fused-ring (bicyclic) bond motifs is 1. The van der Waals surface area contributed by atoms with Crippen LogP contribution in [0.15, 0.2) is 69.6 Å². The molecule has 0 amide bonds. The minimum absolute atomic E-state index is 0.234. The number of pyridine rings is 1. The van der Waals surface area contributed by atoms with Gasteiger partial charge in [0, 0.05) is 17.3 Å². The third kappa shape index (κ3) is 2.84. The van der Waals surface area contributed by atoms with Crippen molar-refractivity contribution in [1.82, 2.24) is 4.57 Å². The molecule has 1 aromatic heterocycles. The SMILES string of the molecule is Cn1c(=O)c(/C=N/Nc2ccccc2)c(N=[N+]=[N-])c2ccccc21. The first kappa shape index (κ1) is 15.3. The number of para-hydroxylation sites is 2. The van der Waals surface area contributed by atoms with E-state index < -0.39 is 0 Å². The number of hydrazone groups is 1. The summed E-state index contributed by atoms with van der Waals surface area (Å²) < 4.78 is 1.51. The summed E-state index contributed by atoms with van der Waals surface area (Å²) in [7, 11) is 1.67. The molecular formula is C17H14N6O. The quantitative estimate of drug-likeness (QED) is 0.259. The monoisotopic (exact) mass is 318 g/mol. The number of nitrogens with zero attached hydrogens (tertiary/aromatic N) is 5. The van der Waals surface area contributed by atoms with E-state index in [0.29, 0.717) is 10.9 Å². The zero-order chi connectivity index (χ0) is 16.9. The Labute approximate surface area is 137 Å². The van der Waals surface area contributed by atoms with E-state index >= 15 is 0 Å². The first-order valence-corrected chi connectivity index (χ1v) is 7.23. The fourth-order valence-corrected chi connectivity index (χ4v) is 2.46. The summed E-state index contributed by atoms with van der Waals surface area (Å²) in [6, 6.07) is 16.6. The summed E-state index contributed by atoms with van der Waals surface area (Å²) in [6.45, 7) is 0. The summed E-state index contributed by atoms with van der Waals surface area (Å²) in [5.74, 6) is 0. The maximum Gasteiger partial charge on any atom is 0.260 e. The van der Waals surface area contributed by atoms with Crippen LogP contribution >= 0.6 is 0 Å². The lowest BCUT2D eigenvalue weighted by Crippen LogP contribution is -2.21. The van der Waals surface area contributed by atoms with Crippen LogP contribution in [0, 0.1) is 0 Å². The van der Waals surface area contributed by atoms with Crippen LogP contribution in [0.4, 0.5) is 11.4 Å². The first-order chi connectivity index (χ1) is 11.7. The number of aryl methyl sites for hydroxylation is 1. The van der Waals surface area contributed by atoms with E-state index in [0.717, 1.165) is 5.69 Å². The molecule has 118 valence electrons. The van der Waals surface area contributed by atoms with Gasteiger partial charge in [0.25, 0.3) is 5.56 Å². The average Bonchev–Trinajstić information content (AvgIpc) is 2.63. The van der Waals surface area contributed by atoms with Crippen LogP contribution in [0.5, 0.6) is 0 Å². The summed E-state index contributed by atoms with van der Waals surface area (Å²) in [6.07, 6.45) is 1.38. The minimum atomic E-state index is -0.283. The third-order valence-electron chi connectivity index (χ3n) is 3.62. The standard InChI is InChI=1S/C17H14N6O/c1-23-15-10-6-5-9-13(15)16(21-22-18)14(17(23)24)11-19-20-12-7-3-2-4-8-12/h2-11,20H,1H3/b19-11+. The highest BCUT2D eigenvalue weighted by atomic mass is 16.1. The first-order valence-electron chi connectivity index (χ1n) is 7.23. The molecule has 1 N–H and O–H groups in total. The fourth-order valence-electron chi connectivity index (χ4n) is 2.46. The lowest BCUT2D eigenvalue weighted by atomic mass is 10.1. The Hall–Kier alpha value is -3.57. The third-order valence-corrected chi connectivity index (χ3v) is 3.62. The second-order valence-corrected chi connectivity index (χ2v) is 5.07. The Morgan fingerprint density at radius 1 is 1.12 bits per heavy atom. The van der Waals surface area contributed by atoms with E-state index in [9.17, 15) is 4.79 Å². The lowest BCUT2D eigenvalue weighted by molar-refractivity contribution is 0.903. The van der Waals surface area contributed by atoms with Gasteiger partial charge in [-0.1, -0.05) is 41.5 Å². The van der Waals surface area contributed by atoms with Gasteiger partial charge in [0.05, 0.1) is 28.7 Å². The van der Waals surface area contributed by atoms with E-state index in [-0.39, 0.29) is 16.8 Å². The zero-order valence-electron chi connectivity index (χ0n) is 12.9. The molecular weight excluding hydrogens is 304 g/mol. The summed E-state index contributed by atoms with van der Waals surface area (Å²) >= 11 is 0. The maximum atomic E-state index is 12.6. The number of anilines is 1. The Morgan fingerprint density at radius 2 is 1.83 bits per heavy atom. The van der Waals surface area contributed by atoms with Gasteiger partial charge in [0.2, 0.25) is 0 Å². The molecule has 0 radical (unpaired) electrons. The van der Waals surface area contributed by atoms with Gasteiger partial charge in [0.1, 0.15) is 0 Å². The summed E-state index contributed by atoms with van der Waals surface area (Å²) in [5, 5.41) is 8.50. The van der Waals surface area contributed by atoms with Crippen LogP contribution in [-0.4, -0.2) is 10.8 Å². The highest BCUT2D eigenvalue weighted by Gasteiger charge is 2.12. The molecule has 0 bridgehead atoms. The summed E-state index contributed by atoms with van der Waals surface area (Å²) in [4.78, 5) is 15.4. The Bertz CT molecular complexity index is 1020. The highest BCUT2D eigenvalue weighted by Crippen LogP contribution is 2.26. The summed E-state index contributed by atoms with van der Waals surface area (Å²) in [5.41, 5.74) is 13.4. The molecule has 0 atom stereocenters. The average molecular weight is 318 g/mol. The molecule has 24 heavy (non-hydrogen) atoms. The van der Waals surface area contributed by atoms with E-state index in [4.69, 9.17) is 5.53 Å². The van der Waals surface area contributed by atoms with Gasteiger partial charge >= 0.3 is 0 Å².